The topological polar surface area (TPSA) is 32.3 Å². The fraction of sp³-hybridized carbons (Fsp3) is 0.538. The molecule has 2 atom stereocenters. The molecule has 2 N–H and O–H groups in total. The standard InChI is InChI=1S/C13H17F2NO/c1-8(9-2-3-9)16-7-13(17)11-6-10(14)4-5-12(11)15/h4-6,8-9,13,16-17H,2-3,7H2,1H3. The van der Waals surface area contributed by atoms with E-state index >= 15 is 0 Å². The van der Waals surface area contributed by atoms with Gasteiger partial charge in [0.25, 0.3) is 0 Å². The van der Waals surface area contributed by atoms with Gasteiger partial charge in [-0.05, 0) is 43.9 Å². The zero-order chi connectivity index (χ0) is 12.4. The molecule has 2 rings (SSSR count). The number of rotatable bonds is 5. The molecule has 1 aliphatic rings. The first-order valence-corrected chi connectivity index (χ1v) is 5.94. The van der Waals surface area contributed by atoms with E-state index in [1.165, 1.54) is 12.8 Å². The quantitative estimate of drug-likeness (QED) is 0.829. The summed E-state index contributed by atoms with van der Waals surface area (Å²) in [5.74, 6) is -0.435. The van der Waals surface area contributed by atoms with Crippen molar-refractivity contribution in [3.05, 3.63) is 35.4 Å². The SMILES string of the molecule is CC(NCC(O)c1cc(F)ccc1F)C1CC1. The summed E-state index contributed by atoms with van der Waals surface area (Å²) in [6.45, 7) is 2.30. The van der Waals surface area contributed by atoms with Crippen LogP contribution in [0.15, 0.2) is 18.2 Å². The van der Waals surface area contributed by atoms with Gasteiger partial charge < -0.3 is 10.4 Å². The Morgan fingerprint density at radius 1 is 1.41 bits per heavy atom. The van der Waals surface area contributed by atoms with Crippen LogP contribution < -0.4 is 5.32 Å². The van der Waals surface area contributed by atoms with Crippen LogP contribution in [0.25, 0.3) is 0 Å². The molecule has 0 heterocycles. The van der Waals surface area contributed by atoms with Gasteiger partial charge in [-0.1, -0.05) is 0 Å². The van der Waals surface area contributed by atoms with E-state index in [1.807, 2.05) is 6.92 Å². The molecule has 2 unspecified atom stereocenters. The summed E-state index contributed by atoms with van der Waals surface area (Å²) in [5.41, 5.74) is 0.0143. The number of hydrogen-bond acceptors (Lipinski definition) is 2. The molecule has 2 nitrogen and oxygen atoms in total. The summed E-state index contributed by atoms with van der Waals surface area (Å²) in [6.07, 6.45) is 1.41. The van der Waals surface area contributed by atoms with Crippen LogP contribution in [0, 0.1) is 17.6 Å². The van der Waals surface area contributed by atoms with Crippen LogP contribution in [0.5, 0.6) is 0 Å². The van der Waals surface area contributed by atoms with Crippen molar-refractivity contribution in [3.63, 3.8) is 0 Å². The summed E-state index contributed by atoms with van der Waals surface area (Å²) in [6, 6.07) is 3.45. The van der Waals surface area contributed by atoms with E-state index in [2.05, 4.69) is 5.32 Å². The van der Waals surface area contributed by atoms with Crippen molar-refractivity contribution in [2.75, 3.05) is 6.54 Å². The van der Waals surface area contributed by atoms with Crippen molar-refractivity contribution < 1.29 is 13.9 Å². The smallest absolute Gasteiger partial charge is 0.129 e. The fourth-order valence-electron chi connectivity index (χ4n) is 1.94. The molecule has 1 aliphatic carbocycles. The fourth-order valence-corrected chi connectivity index (χ4v) is 1.94. The summed E-state index contributed by atoms with van der Waals surface area (Å²) in [7, 11) is 0. The number of halogens is 2. The second-order valence-corrected chi connectivity index (χ2v) is 4.72. The van der Waals surface area contributed by atoms with Crippen LogP contribution in [0.4, 0.5) is 8.78 Å². The molecule has 17 heavy (non-hydrogen) atoms. The Kier molecular flexibility index (Phi) is 3.74. The van der Waals surface area contributed by atoms with Crippen molar-refractivity contribution in [1.29, 1.82) is 0 Å². The molecule has 1 fully saturated rings. The average Bonchev–Trinajstić information content (AvgIpc) is 3.12. The lowest BCUT2D eigenvalue weighted by molar-refractivity contribution is 0.164. The Morgan fingerprint density at radius 2 is 2.12 bits per heavy atom. The van der Waals surface area contributed by atoms with E-state index in [4.69, 9.17) is 0 Å². The van der Waals surface area contributed by atoms with Crippen LogP contribution in [-0.4, -0.2) is 17.7 Å². The minimum Gasteiger partial charge on any atom is -0.387 e. The monoisotopic (exact) mass is 241 g/mol. The maximum Gasteiger partial charge on any atom is 0.129 e. The predicted octanol–water partition coefficient (Wildman–Crippen LogP) is 2.39. The Balaban J connectivity index is 1.93. The first-order valence-electron chi connectivity index (χ1n) is 5.94. The van der Waals surface area contributed by atoms with Crippen molar-refractivity contribution in [1.82, 2.24) is 5.32 Å². The third kappa shape index (κ3) is 3.23. The maximum atomic E-state index is 13.4. The summed E-state index contributed by atoms with van der Waals surface area (Å²) >= 11 is 0. The molecular formula is C13H17F2NO. The molecule has 0 bridgehead atoms. The van der Waals surface area contributed by atoms with Gasteiger partial charge in [-0.15, -0.1) is 0 Å². The number of benzene rings is 1. The molecule has 0 aliphatic heterocycles. The summed E-state index contributed by atoms with van der Waals surface area (Å²) in [4.78, 5) is 0. The number of nitrogens with one attached hydrogen (secondary N) is 1. The van der Waals surface area contributed by atoms with Crippen LogP contribution in [0.2, 0.25) is 0 Å². The van der Waals surface area contributed by atoms with Crippen molar-refractivity contribution >= 4 is 0 Å². The van der Waals surface area contributed by atoms with E-state index in [1.54, 1.807) is 0 Å². The third-order valence-corrected chi connectivity index (χ3v) is 3.28. The van der Waals surface area contributed by atoms with Gasteiger partial charge in [-0.2, -0.15) is 0 Å². The number of aliphatic hydroxyl groups is 1. The van der Waals surface area contributed by atoms with Gasteiger partial charge in [0, 0.05) is 18.2 Å². The maximum absolute atomic E-state index is 13.4. The lowest BCUT2D eigenvalue weighted by Gasteiger charge is -2.17. The lowest BCUT2D eigenvalue weighted by atomic mass is 10.1. The van der Waals surface area contributed by atoms with Crippen LogP contribution in [0.1, 0.15) is 31.4 Å². The Morgan fingerprint density at radius 3 is 2.76 bits per heavy atom. The van der Waals surface area contributed by atoms with Gasteiger partial charge in [0.15, 0.2) is 0 Å². The zero-order valence-electron chi connectivity index (χ0n) is 9.79. The van der Waals surface area contributed by atoms with Gasteiger partial charge in [0.2, 0.25) is 0 Å². The largest absolute Gasteiger partial charge is 0.387 e. The second kappa shape index (κ2) is 5.10. The minimum absolute atomic E-state index is 0.0143. The molecule has 0 aromatic heterocycles. The van der Waals surface area contributed by atoms with Crippen molar-refractivity contribution in [3.8, 4) is 0 Å². The number of aliphatic hydroxyl groups excluding tert-OH is 1. The van der Waals surface area contributed by atoms with E-state index in [-0.39, 0.29) is 12.1 Å². The molecule has 94 valence electrons. The normalized spacial score (nSPS) is 19.1. The first-order chi connectivity index (χ1) is 8.08. The summed E-state index contributed by atoms with van der Waals surface area (Å²) in [5, 5.41) is 13.0. The van der Waals surface area contributed by atoms with E-state index in [0.717, 1.165) is 18.2 Å². The van der Waals surface area contributed by atoms with Gasteiger partial charge in [0.1, 0.15) is 11.6 Å². The molecule has 0 spiro atoms. The molecule has 4 heteroatoms. The molecule has 1 aromatic rings. The van der Waals surface area contributed by atoms with Gasteiger partial charge in [-0.3, -0.25) is 0 Å². The third-order valence-electron chi connectivity index (χ3n) is 3.28. The van der Waals surface area contributed by atoms with Crippen LogP contribution in [0.3, 0.4) is 0 Å². The van der Waals surface area contributed by atoms with Crippen LogP contribution in [-0.2, 0) is 0 Å². The van der Waals surface area contributed by atoms with Crippen LogP contribution >= 0.6 is 0 Å². The van der Waals surface area contributed by atoms with E-state index < -0.39 is 17.7 Å². The Bertz CT molecular complexity index is 393. The lowest BCUT2D eigenvalue weighted by Crippen LogP contribution is -2.32. The molecule has 1 aromatic carbocycles. The molecule has 1 saturated carbocycles. The Labute approximate surface area is 99.7 Å². The van der Waals surface area contributed by atoms with Gasteiger partial charge in [0.05, 0.1) is 6.10 Å². The second-order valence-electron chi connectivity index (χ2n) is 4.72. The van der Waals surface area contributed by atoms with Gasteiger partial charge >= 0.3 is 0 Å². The average molecular weight is 241 g/mol. The molecule has 0 amide bonds. The highest BCUT2D eigenvalue weighted by atomic mass is 19.1. The number of hydrogen-bond donors (Lipinski definition) is 2. The minimum atomic E-state index is -1.01. The Hall–Kier alpha value is -1.00. The van der Waals surface area contributed by atoms with Crippen molar-refractivity contribution in [2.45, 2.75) is 31.9 Å². The highest BCUT2D eigenvalue weighted by Crippen LogP contribution is 2.32. The van der Waals surface area contributed by atoms with Crippen molar-refractivity contribution in [2.24, 2.45) is 5.92 Å². The molecule has 0 saturated heterocycles. The highest BCUT2D eigenvalue weighted by molar-refractivity contribution is 5.21. The first kappa shape index (κ1) is 12.5. The predicted molar refractivity (Wildman–Crippen MR) is 61.5 cm³/mol. The highest BCUT2D eigenvalue weighted by Gasteiger charge is 2.28. The molecular weight excluding hydrogens is 224 g/mol. The summed E-state index contributed by atoms with van der Waals surface area (Å²) < 4.78 is 26.3. The molecule has 0 radical (unpaired) electrons. The zero-order valence-corrected chi connectivity index (χ0v) is 9.79. The van der Waals surface area contributed by atoms with E-state index in [9.17, 15) is 13.9 Å². The van der Waals surface area contributed by atoms with Gasteiger partial charge in [-0.25, -0.2) is 8.78 Å². The van der Waals surface area contributed by atoms with E-state index in [0.29, 0.717) is 12.0 Å².